The summed E-state index contributed by atoms with van der Waals surface area (Å²) in [6, 6.07) is 10.00. The smallest absolute Gasteiger partial charge is 0.333 e. The number of carboxylic acids is 1. The number of benzene rings is 1. The summed E-state index contributed by atoms with van der Waals surface area (Å²) in [4.78, 5) is 15.9. The molecule has 154 valence electrons. The molecule has 0 fully saturated rings. The van der Waals surface area contributed by atoms with Gasteiger partial charge in [-0.2, -0.15) is 0 Å². The van der Waals surface area contributed by atoms with E-state index >= 15 is 0 Å². The lowest BCUT2D eigenvalue weighted by molar-refractivity contribution is -0.243. The highest BCUT2D eigenvalue weighted by atomic mass is 32.1. The number of thiophene rings is 1. The number of para-hydroxylation sites is 1. The van der Waals surface area contributed by atoms with Crippen molar-refractivity contribution in [1.82, 2.24) is 4.90 Å². The molecule has 0 radical (unpaired) electrons. The van der Waals surface area contributed by atoms with Crippen LogP contribution in [-0.2, 0) is 9.68 Å². The summed E-state index contributed by atoms with van der Waals surface area (Å²) < 4.78 is 17.7. The Morgan fingerprint density at radius 3 is 2.64 bits per heavy atom. The van der Waals surface area contributed by atoms with Gasteiger partial charge >= 0.3 is 5.97 Å². The number of fused-ring (bicyclic) bond motifs is 1. The quantitative estimate of drug-likeness (QED) is 0.505. The molecular weight excluding hydrogens is 386 g/mol. The first-order valence-electron chi connectivity index (χ1n) is 8.72. The second-order valence-corrected chi connectivity index (χ2v) is 7.14. The van der Waals surface area contributed by atoms with E-state index in [-0.39, 0.29) is 6.10 Å². The van der Waals surface area contributed by atoms with E-state index in [4.69, 9.17) is 24.6 Å². The fourth-order valence-electron chi connectivity index (χ4n) is 2.46. The van der Waals surface area contributed by atoms with E-state index < -0.39 is 12.6 Å². The minimum atomic E-state index is -1.18. The van der Waals surface area contributed by atoms with Crippen LogP contribution in [0.3, 0.4) is 0 Å². The Labute approximate surface area is 167 Å². The third-order valence-electron chi connectivity index (χ3n) is 3.69. The maximum Gasteiger partial charge on any atom is 0.333 e. The molecule has 0 saturated carbocycles. The van der Waals surface area contributed by atoms with E-state index in [9.17, 15) is 4.79 Å². The van der Waals surface area contributed by atoms with Crippen LogP contribution in [0.2, 0.25) is 0 Å². The Bertz CT molecular complexity index is 721. The number of hydrogen-bond acceptors (Lipinski definition) is 8. The molecular formula is C19H25NO7S. The van der Waals surface area contributed by atoms with Crippen LogP contribution in [0.25, 0.3) is 0 Å². The van der Waals surface area contributed by atoms with Gasteiger partial charge < -0.3 is 24.2 Å². The molecule has 1 aromatic carbocycles. The van der Waals surface area contributed by atoms with Crippen molar-refractivity contribution in [2.24, 2.45) is 0 Å². The molecule has 0 aliphatic carbocycles. The summed E-state index contributed by atoms with van der Waals surface area (Å²) in [5.74, 6) is 1.06. The van der Waals surface area contributed by atoms with Crippen molar-refractivity contribution >= 4 is 17.3 Å². The molecule has 3 rings (SSSR count). The van der Waals surface area contributed by atoms with Gasteiger partial charge in [-0.25, -0.2) is 9.68 Å². The van der Waals surface area contributed by atoms with Gasteiger partial charge in [0, 0.05) is 17.8 Å². The highest BCUT2D eigenvalue weighted by Crippen LogP contribution is 2.41. The predicted octanol–water partition coefficient (Wildman–Crippen LogP) is 3.15. The fourth-order valence-corrected chi connectivity index (χ4v) is 3.25. The van der Waals surface area contributed by atoms with Crippen molar-refractivity contribution in [3.63, 3.8) is 0 Å². The first-order chi connectivity index (χ1) is 13.5. The Morgan fingerprint density at radius 1 is 1.25 bits per heavy atom. The highest BCUT2D eigenvalue weighted by Gasteiger charge is 2.21. The minimum absolute atomic E-state index is 0.0272. The van der Waals surface area contributed by atoms with Gasteiger partial charge in [0.15, 0.2) is 18.1 Å². The summed E-state index contributed by atoms with van der Waals surface area (Å²) in [7, 11) is 4.15. The van der Waals surface area contributed by atoms with Gasteiger partial charge in [-0.15, -0.1) is 11.3 Å². The number of ether oxygens (including phenoxy) is 3. The van der Waals surface area contributed by atoms with E-state index in [1.807, 2.05) is 18.2 Å². The molecule has 0 spiro atoms. The number of rotatable bonds is 8. The van der Waals surface area contributed by atoms with Crippen molar-refractivity contribution in [3.8, 4) is 17.2 Å². The Kier molecular flexibility index (Phi) is 9.02. The average Bonchev–Trinajstić information content (AvgIpc) is 3.20. The van der Waals surface area contributed by atoms with Gasteiger partial charge in [0.05, 0.1) is 0 Å². The van der Waals surface area contributed by atoms with Crippen molar-refractivity contribution in [1.29, 1.82) is 0 Å². The number of carbonyl (C=O) groups is 1. The maximum atomic E-state index is 9.31. The molecule has 0 amide bonds. The molecule has 0 saturated heterocycles. The molecule has 1 aromatic heterocycles. The van der Waals surface area contributed by atoms with Gasteiger partial charge in [0.25, 0.3) is 0 Å². The molecule has 28 heavy (non-hydrogen) atoms. The summed E-state index contributed by atoms with van der Waals surface area (Å²) in [5, 5.41) is 17.1. The van der Waals surface area contributed by atoms with E-state index in [2.05, 4.69) is 41.4 Å². The summed E-state index contributed by atoms with van der Waals surface area (Å²) in [6.07, 6.45) is 0.956. The zero-order valence-electron chi connectivity index (χ0n) is 15.9. The minimum Gasteiger partial charge on any atom is -0.486 e. The summed E-state index contributed by atoms with van der Waals surface area (Å²) in [5.41, 5.74) is 0. The number of aliphatic carboxylic acids is 1. The van der Waals surface area contributed by atoms with E-state index in [0.29, 0.717) is 13.2 Å². The lowest BCUT2D eigenvalue weighted by Gasteiger charge is -2.24. The SMILES string of the molecule is CN(C)CCC(Oc1cccc2c1OCCO2)c1cccs1.O=C(O)COO. The van der Waals surface area contributed by atoms with Gasteiger partial charge in [-0.1, -0.05) is 12.1 Å². The van der Waals surface area contributed by atoms with Gasteiger partial charge in [-0.05, 0) is 37.7 Å². The monoisotopic (exact) mass is 411 g/mol. The van der Waals surface area contributed by atoms with Gasteiger partial charge in [-0.3, -0.25) is 5.26 Å². The van der Waals surface area contributed by atoms with Crippen molar-refractivity contribution in [3.05, 3.63) is 40.6 Å². The van der Waals surface area contributed by atoms with Crippen LogP contribution in [0.1, 0.15) is 17.4 Å². The van der Waals surface area contributed by atoms with Crippen molar-refractivity contribution < 1.29 is 34.3 Å². The molecule has 1 atom stereocenters. The van der Waals surface area contributed by atoms with Crippen LogP contribution >= 0.6 is 11.3 Å². The number of nitrogens with zero attached hydrogens (tertiary/aromatic N) is 1. The lowest BCUT2D eigenvalue weighted by atomic mass is 10.2. The topological polar surface area (TPSA) is 97.7 Å². The van der Waals surface area contributed by atoms with Gasteiger partial charge in [0.2, 0.25) is 5.75 Å². The lowest BCUT2D eigenvalue weighted by Crippen LogP contribution is -2.19. The first-order valence-corrected chi connectivity index (χ1v) is 9.60. The van der Waals surface area contributed by atoms with Crippen LogP contribution in [0.15, 0.2) is 35.7 Å². The zero-order chi connectivity index (χ0) is 20.4. The second kappa shape index (κ2) is 11.5. The maximum absolute atomic E-state index is 9.31. The first kappa shape index (κ1) is 22.0. The van der Waals surface area contributed by atoms with E-state index in [1.165, 1.54) is 4.88 Å². The molecule has 9 heteroatoms. The van der Waals surface area contributed by atoms with E-state index in [0.717, 1.165) is 30.2 Å². The largest absolute Gasteiger partial charge is 0.486 e. The predicted molar refractivity (Wildman–Crippen MR) is 105 cm³/mol. The summed E-state index contributed by atoms with van der Waals surface area (Å²) in [6.45, 7) is 1.47. The van der Waals surface area contributed by atoms with Crippen LogP contribution in [0.4, 0.5) is 0 Å². The molecule has 2 N–H and O–H groups in total. The van der Waals surface area contributed by atoms with Crippen molar-refractivity contribution in [2.75, 3.05) is 40.5 Å². The fraction of sp³-hybridized carbons (Fsp3) is 0.421. The normalized spacial score (nSPS) is 13.4. The molecule has 0 bridgehead atoms. The van der Waals surface area contributed by atoms with E-state index in [1.54, 1.807) is 11.3 Å². The Morgan fingerprint density at radius 2 is 2.04 bits per heavy atom. The van der Waals surface area contributed by atoms with Crippen LogP contribution in [0, 0.1) is 0 Å². The van der Waals surface area contributed by atoms with Crippen LogP contribution in [0.5, 0.6) is 17.2 Å². The molecule has 1 aliphatic rings. The molecule has 2 heterocycles. The highest BCUT2D eigenvalue weighted by molar-refractivity contribution is 7.10. The molecule has 2 aromatic rings. The van der Waals surface area contributed by atoms with Crippen LogP contribution in [-0.4, -0.2) is 61.7 Å². The third kappa shape index (κ3) is 7.01. The third-order valence-corrected chi connectivity index (χ3v) is 4.65. The Balaban J connectivity index is 0.000000409. The Hall–Kier alpha value is -2.33. The number of hydrogen-bond donors (Lipinski definition) is 2. The second-order valence-electron chi connectivity index (χ2n) is 6.16. The standard InChI is InChI=1S/C17H21NO3S.C2H4O4/c1-18(2)9-8-13(16-7-4-12-22-16)21-15-6-3-5-14-17(15)20-11-10-19-14;3-2(4)1-6-5/h3-7,12-13H,8-11H2,1-2H3;5H,1H2,(H,3,4). The van der Waals surface area contributed by atoms with Gasteiger partial charge in [0.1, 0.15) is 19.3 Å². The number of carboxylic acid groups (broad SMARTS) is 1. The molecule has 1 aliphatic heterocycles. The molecule has 8 nitrogen and oxygen atoms in total. The van der Waals surface area contributed by atoms with Crippen molar-refractivity contribution in [2.45, 2.75) is 12.5 Å². The average molecular weight is 411 g/mol. The van der Waals surface area contributed by atoms with Crippen LogP contribution < -0.4 is 14.2 Å². The zero-order valence-corrected chi connectivity index (χ0v) is 16.7. The molecule has 1 unspecified atom stereocenters. The summed E-state index contributed by atoms with van der Waals surface area (Å²) >= 11 is 1.72.